The first kappa shape index (κ1) is 22.9. The van der Waals surface area contributed by atoms with Gasteiger partial charge in [0.2, 0.25) is 0 Å². The summed E-state index contributed by atoms with van der Waals surface area (Å²) in [5.41, 5.74) is 2.79. The van der Waals surface area contributed by atoms with Crippen molar-refractivity contribution in [1.82, 2.24) is 5.43 Å². The van der Waals surface area contributed by atoms with Crippen LogP contribution in [-0.2, 0) is 0 Å². The fraction of sp³-hybridized carbons (Fsp3) is 0.0455. The molecule has 0 bridgehead atoms. The summed E-state index contributed by atoms with van der Waals surface area (Å²) in [7, 11) is 1.24. The lowest BCUT2D eigenvalue weighted by Gasteiger charge is -2.07. The van der Waals surface area contributed by atoms with Crippen molar-refractivity contribution in [2.45, 2.75) is 0 Å². The second-order valence-electron chi connectivity index (χ2n) is 6.58. The van der Waals surface area contributed by atoms with Gasteiger partial charge in [-0.05, 0) is 48.5 Å². The Morgan fingerprint density at radius 1 is 1.06 bits per heavy atom. The van der Waals surface area contributed by atoms with Gasteiger partial charge in [-0.2, -0.15) is 5.10 Å². The molecule has 0 aromatic heterocycles. The van der Waals surface area contributed by atoms with Crippen molar-refractivity contribution in [1.29, 1.82) is 0 Å². The minimum atomic E-state index is -0.658. The van der Waals surface area contributed by atoms with Crippen LogP contribution in [0.5, 0.6) is 11.5 Å². The molecule has 0 radical (unpaired) electrons. The van der Waals surface area contributed by atoms with Gasteiger partial charge in [0.05, 0.1) is 24.3 Å². The molecule has 10 nitrogen and oxygen atoms in total. The Morgan fingerprint density at radius 3 is 2.27 bits per heavy atom. The number of carbonyl (C=O) groups excluding carboxylic acids is 2. The Hall–Kier alpha value is -4.80. The number of methoxy groups -OCH3 is 1. The molecule has 0 fully saturated rings. The minimum Gasteiger partial charge on any atom is -0.504 e. The van der Waals surface area contributed by atoms with E-state index < -0.39 is 22.6 Å². The number of rotatable bonds is 7. The van der Waals surface area contributed by atoms with Gasteiger partial charge >= 0.3 is 0 Å². The third kappa shape index (κ3) is 5.67. The van der Waals surface area contributed by atoms with Crippen LogP contribution in [-0.4, -0.2) is 35.2 Å². The summed E-state index contributed by atoms with van der Waals surface area (Å²) < 4.78 is 17.9. The Labute approximate surface area is 186 Å². The number of nitrogens with zero attached hydrogens (tertiary/aromatic N) is 2. The number of halogens is 1. The number of nitrogens with one attached hydrogen (secondary N) is 2. The molecule has 0 spiro atoms. The fourth-order valence-corrected chi connectivity index (χ4v) is 2.71. The van der Waals surface area contributed by atoms with Gasteiger partial charge in [-0.1, -0.05) is 0 Å². The van der Waals surface area contributed by atoms with Crippen molar-refractivity contribution in [2.24, 2.45) is 5.10 Å². The van der Waals surface area contributed by atoms with E-state index in [9.17, 15) is 29.2 Å². The van der Waals surface area contributed by atoms with Gasteiger partial charge in [-0.15, -0.1) is 0 Å². The number of hydrogen-bond acceptors (Lipinski definition) is 7. The first-order chi connectivity index (χ1) is 15.8. The number of nitro groups is 1. The summed E-state index contributed by atoms with van der Waals surface area (Å²) in [4.78, 5) is 34.8. The average Bonchev–Trinajstić information content (AvgIpc) is 2.80. The van der Waals surface area contributed by atoms with E-state index in [4.69, 9.17) is 4.74 Å². The molecule has 0 unspecified atom stereocenters. The molecule has 3 rings (SSSR count). The lowest BCUT2D eigenvalue weighted by molar-refractivity contribution is -0.385. The van der Waals surface area contributed by atoms with Crippen LogP contribution in [0.2, 0.25) is 0 Å². The van der Waals surface area contributed by atoms with E-state index in [-0.39, 0.29) is 33.9 Å². The highest BCUT2D eigenvalue weighted by Crippen LogP contribution is 2.33. The predicted molar refractivity (Wildman–Crippen MR) is 117 cm³/mol. The zero-order valence-corrected chi connectivity index (χ0v) is 17.1. The van der Waals surface area contributed by atoms with Crippen LogP contribution in [0.25, 0.3) is 0 Å². The Balaban J connectivity index is 1.65. The number of ether oxygens (including phenoxy) is 1. The van der Waals surface area contributed by atoms with Crippen molar-refractivity contribution < 1.29 is 28.7 Å². The van der Waals surface area contributed by atoms with E-state index in [0.717, 1.165) is 18.3 Å². The Kier molecular flexibility index (Phi) is 6.94. The molecule has 2 amide bonds. The fourth-order valence-electron chi connectivity index (χ4n) is 2.71. The maximum Gasteiger partial charge on any atom is 0.274 e. The molecule has 0 aliphatic rings. The molecular formula is C22H17FN4O6. The van der Waals surface area contributed by atoms with Gasteiger partial charge in [0.15, 0.2) is 11.5 Å². The van der Waals surface area contributed by atoms with Crippen LogP contribution in [0, 0.1) is 15.9 Å². The van der Waals surface area contributed by atoms with Crippen LogP contribution in [0.1, 0.15) is 26.3 Å². The number of non-ortho nitro benzene ring substituents is 1. The number of nitro benzene ring substituents is 1. The van der Waals surface area contributed by atoms with Crippen LogP contribution in [0.15, 0.2) is 65.8 Å². The summed E-state index contributed by atoms with van der Waals surface area (Å²) in [6, 6.07) is 13.1. The van der Waals surface area contributed by atoms with Gasteiger partial charge in [-0.25, -0.2) is 9.82 Å². The first-order valence-electron chi connectivity index (χ1n) is 9.34. The molecular weight excluding hydrogens is 435 g/mol. The van der Waals surface area contributed by atoms with E-state index >= 15 is 0 Å². The quantitative estimate of drug-likeness (QED) is 0.285. The van der Waals surface area contributed by atoms with E-state index in [0.29, 0.717) is 5.69 Å². The third-order valence-electron chi connectivity index (χ3n) is 4.40. The first-order valence-corrected chi connectivity index (χ1v) is 9.34. The second kappa shape index (κ2) is 10.0. The summed E-state index contributed by atoms with van der Waals surface area (Å²) in [5.74, 6) is -1.98. The predicted octanol–water partition coefficient (Wildman–Crippen LogP) is 3.46. The second-order valence-corrected chi connectivity index (χ2v) is 6.58. The highest BCUT2D eigenvalue weighted by Gasteiger charge is 2.16. The molecule has 33 heavy (non-hydrogen) atoms. The van der Waals surface area contributed by atoms with Crippen molar-refractivity contribution >= 4 is 29.4 Å². The molecule has 0 saturated heterocycles. The lowest BCUT2D eigenvalue weighted by atomic mass is 10.1. The molecule has 0 heterocycles. The number of anilines is 1. The number of aromatic hydroxyl groups is 1. The molecule has 3 aromatic carbocycles. The summed E-state index contributed by atoms with van der Waals surface area (Å²) in [6.07, 6.45) is 1.04. The number of hydrogen-bond donors (Lipinski definition) is 3. The summed E-state index contributed by atoms with van der Waals surface area (Å²) in [6.45, 7) is 0. The van der Waals surface area contributed by atoms with Gasteiger partial charge in [-0.3, -0.25) is 19.7 Å². The normalized spacial score (nSPS) is 10.6. The van der Waals surface area contributed by atoms with E-state index in [1.54, 1.807) is 0 Å². The van der Waals surface area contributed by atoms with Gasteiger partial charge < -0.3 is 15.2 Å². The third-order valence-corrected chi connectivity index (χ3v) is 4.40. The lowest BCUT2D eigenvalue weighted by Crippen LogP contribution is -2.18. The maximum atomic E-state index is 13.0. The zero-order chi connectivity index (χ0) is 24.0. The molecule has 11 heteroatoms. The van der Waals surface area contributed by atoms with Crippen LogP contribution in [0.4, 0.5) is 15.8 Å². The van der Waals surface area contributed by atoms with E-state index in [1.807, 2.05) is 0 Å². The Morgan fingerprint density at radius 2 is 1.67 bits per heavy atom. The molecule has 0 aliphatic carbocycles. The topological polar surface area (TPSA) is 143 Å². The minimum absolute atomic E-state index is 0.0276. The molecule has 168 valence electrons. The number of carbonyl (C=O) groups is 2. The SMILES string of the molecule is COc1cc([N+](=O)[O-])cc(C=NNC(=O)c2ccc(NC(=O)c3ccc(F)cc3)cc2)c1O. The van der Waals surface area contributed by atoms with Crippen LogP contribution in [0.3, 0.4) is 0 Å². The smallest absolute Gasteiger partial charge is 0.274 e. The Bertz CT molecular complexity index is 1230. The molecule has 3 N–H and O–H groups in total. The standard InChI is InChI=1S/C22H17FN4O6/c1-33-19-11-18(27(31)32)10-15(20(19)28)12-24-26-22(30)14-4-8-17(9-5-14)25-21(29)13-2-6-16(23)7-3-13/h2-12,28H,1H3,(H,25,29)(H,26,30). The molecule has 3 aromatic rings. The highest BCUT2D eigenvalue weighted by molar-refractivity contribution is 6.04. The van der Waals surface area contributed by atoms with Gasteiger partial charge in [0, 0.05) is 28.4 Å². The highest BCUT2D eigenvalue weighted by atomic mass is 19.1. The van der Waals surface area contributed by atoms with Crippen molar-refractivity contribution in [3.8, 4) is 11.5 Å². The van der Waals surface area contributed by atoms with Crippen molar-refractivity contribution in [3.63, 3.8) is 0 Å². The van der Waals surface area contributed by atoms with Crippen molar-refractivity contribution in [2.75, 3.05) is 12.4 Å². The van der Waals surface area contributed by atoms with Gasteiger partial charge in [0.1, 0.15) is 5.82 Å². The van der Waals surface area contributed by atoms with E-state index in [2.05, 4.69) is 15.8 Å². The summed E-state index contributed by atoms with van der Waals surface area (Å²) >= 11 is 0. The van der Waals surface area contributed by atoms with Gasteiger partial charge in [0.25, 0.3) is 17.5 Å². The van der Waals surface area contributed by atoms with Crippen LogP contribution >= 0.6 is 0 Å². The number of phenolic OH excluding ortho intramolecular Hbond substituents is 1. The number of benzene rings is 3. The van der Waals surface area contributed by atoms with Crippen molar-refractivity contribution in [3.05, 3.63) is 93.3 Å². The monoisotopic (exact) mass is 452 g/mol. The number of hydrazone groups is 1. The number of amides is 2. The molecule has 0 aliphatic heterocycles. The zero-order valence-electron chi connectivity index (χ0n) is 17.1. The van der Waals surface area contributed by atoms with Crippen LogP contribution < -0.4 is 15.5 Å². The number of phenols is 1. The molecule has 0 atom stereocenters. The average molecular weight is 452 g/mol. The maximum absolute atomic E-state index is 13.0. The van der Waals surface area contributed by atoms with E-state index in [1.165, 1.54) is 55.6 Å². The largest absolute Gasteiger partial charge is 0.504 e. The summed E-state index contributed by atoms with van der Waals surface area (Å²) in [5, 5.41) is 27.4. The molecule has 0 saturated carbocycles.